The highest BCUT2D eigenvalue weighted by Crippen LogP contribution is 2.28. The Morgan fingerprint density at radius 3 is 2.68 bits per heavy atom. The maximum Gasteiger partial charge on any atom is 0.340 e. The number of anilines is 2. The van der Waals surface area contributed by atoms with Crippen molar-refractivity contribution in [1.82, 2.24) is 15.2 Å². The summed E-state index contributed by atoms with van der Waals surface area (Å²) in [5.41, 5.74) is 0.411. The molecule has 1 aromatic carbocycles. The van der Waals surface area contributed by atoms with Crippen LogP contribution in [0.15, 0.2) is 28.8 Å². The molecule has 0 spiro atoms. The third-order valence-corrected chi connectivity index (χ3v) is 5.46. The fourth-order valence-corrected chi connectivity index (χ4v) is 3.80. The topological polar surface area (TPSA) is 117 Å². The van der Waals surface area contributed by atoms with Crippen LogP contribution in [-0.4, -0.2) is 64.7 Å². The minimum absolute atomic E-state index is 0.0511. The van der Waals surface area contributed by atoms with E-state index in [1.165, 1.54) is 17.1 Å². The van der Waals surface area contributed by atoms with E-state index in [0.29, 0.717) is 47.5 Å². The quantitative estimate of drug-likeness (QED) is 0.642. The minimum Gasteiger partial charge on any atom is -0.495 e. The first-order chi connectivity index (χ1) is 14.9. The van der Waals surface area contributed by atoms with E-state index in [4.69, 9.17) is 20.9 Å². The Hall–Kier alpha value is -2.92. The van der Waals surface area contributed by atoms with Gasteiger partial charge < -0.3 is 19.9 Å². The Kier molecular flexibility index (Phi) is 7.64. The lowest BCUT2D eigenvalue weighted by Crippen LogP contribution is -2.47. The summed E-state index contributed by atoms with van der Waals surface area (Å²) in [5.74, 6) is 0.927. The van der Waals surface area contributed by atoms with E-state index >= 15 is 0 Å². The van der Waals surface area contributed by atoms with Gasteiger partial charge in [-0.1, -0.05) is 16.8 Å². The molecule has 0 saturated carbocycles. The van der Waals surface area contributed by atoms with Gasteiger partial charge in [-0.3, -0.25) is 9.59 Å². The molecule has 0 unspecified atom stereocenters. The van der Waals surface area contributed by atoms with Crippen LogP contribution in [0.2, 0.25) is 5.02 Å². The molecule has 2 aromatic rings. The van der Waals surface area contributed by atoms with E-state index in [1.807, 2.05) is 0 Å². The predicted octanol–water partition coefficient (Wildman–Crippen LogP) is 3.00. The van der Waals surface area contributed by atoms with E-state index in [9.17, 15) is 14.4 Å². The highest BCUT2D eigenvalue weighted by atomic mass is 35.5. The Balaban J connectivity index is 1.51. The molecule has 1 aliphatic heterocycles. The van der Waals surface area contributed by atoms with Crippen LogP contribution in [0.1, 0.15) is 12.2 Å². The zero-order valence-corrected chi connectivity index (χ0v) is 18.6. The van der Waals surface area contributed by atoms with Gasteiger partial charge in [0.25, 0.3) is 5.91 Å². The third kappa shape index (κ3) is 6.05. The van der Waals surface area contributed by atoms with Crippen molar-refractivity contribution in [3.63, 3.8) is 0 Å². The summed E-state index contributed by atoms with van der Waals surface area (Å²) in [6.45, 7) is 2.54. The Labute approximate surface area is 188 Å². The Bertz CT molecular complexity index is 969. The van der Waals surface area contributed by atoms with Crippen molar-refractivity contribution >= 4 is 52.7 Å². The van der Waals surface area contributed by atoms with E-state index in [1.54, 1.807) is 31.2 Å². The number of hydrogen-bond donors (Lipinski definition) is 2. The first kappa shape index (κ1) is 22.8. The van der Waals surface area contributed by atoms with Crippen LogP contribution in [-0.2, 0) is 9.59 Å². The second kappa shape index (κ2) is 10.4. The number of hydrogen-bond acceptors (Lipinski definition) is 7. The van der Waals surface area contributed by atoms with Crippen molar-refractivity contribution in [2.45, 2.75) is 13.3 Å². The number of methoxy groups -OCH3 is 1. The molecule has 1 saturated heterocycles. The van der Waals surface area contributed by atoms with Gasteiger partial charge in [0, 0.05) is 24.2 Å². The normalized spacial score (nSPS) is 13.3. The van der Waals surface area contributed by atoms with Gasteiger partial charge in [0.15, 0.2) is 5.82 Å². The van der Waals surface area contributed by atoms with Crippen molar-refractivity contribution in [1.29, 1.82) is 0 Å². The molecular weight excluding hydrogens is 446 g/mol. The molecule has 4 amide bonds. The molecule has 2 N–H and O–H groups in total. The van der Waals surface area contributed by atoms with Gasteiger partial charge in [0.05, 0.1) is 24.3 Å². The average molecular weight is 468 g/mol. The summed E-state index contributed by atoms with van der Waals surface area (Å²) in [7, 11) is 1.49. The first-order valence-electron chi connectivity index (χ1n) is 9.40. The number of aryl methyl sites for hydroxylation is 1. The van der Waals surface area contributed by atoms with Crippen LogP contribution in [0.5, 0.6) is 5.75 Å². The standard InChI is InChI=1S/C19H22ClN5O5S/c1-12-8-16(23-30-12)22-17(26)10-31-11-18(27)24-6-3-7-25(24)19(28)21-14-9-13(20)4-5-15(14)29-2/h4-5,8-9H,3,6-7,10-11H2,1-2H3,(H,21,28)(H,22,23,26). The lowest BCUT2D eigenvalue weighted by molar-refractivity contribution is -0.136. The molecule has 2 heterocycles. The van der Waals surface area contributed by atoms with Gasteiger partial charge in [-0.25, -0.2) is 14.8 Å². The van der Waals surface area contributed by atoms with Crippen LogP contribution < -0.4 is 15.4 Å². The molecule has 166 valence electrons. The minimum atomic E-state index is -0.462. The molecule has 1 fully saturated rings. The number of ether oxygens (including phenoxy) is 1. The fourth-order valence-electron chi connectivity index (χ4n) is 2.95. The number of nitrogens with one attached hydrogen (secondary N) is 2. The van der Waals surface area contributed by atoms with E-state index in [-0.39, 0.29) is 23.3 Å². The largest absolute Gasteiger partial charge is 0.495 e. The maximum atomic E-state index is 12.7. The second-order valence-corrected chi connectivity index (χ2v) is 8.05. The lowest BCUT2D eigenvalue weighted by atomic mass is 10.3. The third-order valence-electron chi connectivity index (χ3n) is 4.31. The van der Waals surface area contributed by atoms with Crippen molar-refractivity contribution in [3.05, 3.63) is 35.0 Å². The lowest BCUT2D eigenvalue weighted by Gasteiger charge is -2.28. The molecule has 0 radical (unpaired) electrons. The van der Waals surface area contributed by atoms with E-state index in [2.05, 4.69) is 15.8 Å². The summed E-state index contributed by atoms with van der Waals surface area (Å²) in [6.07, 6.45) is 0.655. The average Bonchev–Trinajstić information content (AvgIpc) is 3.37. The summed E-state index contributed by atoms with van der Waals surface area (Å²) >= 11 is 7.15. The van der Waals surface area contributed by atoms with Gasteiger partial charge in [0.1, 0.15) is 11.5 Å². The SMILES string of the molecule is COc1ccc(Cl)cc1NC(=O)N1CCCN1C(=O)CSCC(=O)Nc1cc(C)on1. The number of aromatic nitrogens is 1. The van der Waals surface area contributed by atoms with Crippen molar-refractivity contribution in [3.8, 4) is 5.75 Å². The smallest absolute Gasteiger partial charge is 0.340 e. The number of carbonyl (C=O) groups excluding carboxylic acids is 3. The van der Waals surface area contributed by atoms with Crippen LogP contribution in [0, 0.1) is 6.92 Å². The van der Waals surface area contributed by atoms with Gasteiger partial charge in [-0.05, 0) is 31.5 Å². The molecule has 0 bridgehead atoms. The molecule has 31 heavy (non-hydrogen) atoms. The van der Waals surface area contributed by atoms with Crippen LogP contribution in [0.25, 0.3) is 0 Å². The number of urea groups is 1. The molecule has 10 nitrogen and oxygen atoms in total. The first-order valence-corrected chi connectivity index (χ1v) is 10.9. The van der Waals surface area contributed by atoms with Crippen LogP contribution >= 0.6 is 23.4 Å². The van der Waals surface area contributed by atoms with Gasteiger partial charge >= 0.3 is 6.03 Å². The summed E-state index contributed by atoms with van der Waals surface area (Å²) < 4.78 is 10.1. The number of rotatable bonds is 7. The number of halogens is 1. The number of carbonyl (C=O) groups is 3. The van der Waals surface area contributed by atoms with Crippen molar-refractivity contribution in [2.24, 2.45) is 0 Å². The Morgan fingerprint density at radius 2 is 1.97 bits per heavy atom. The van der Waals surface area contributed by atoms with Crippen molar-refractivity contribution < 1.29 is 23.6 Å². The molecule has 0 atom stereocenters. The van der Waals surface area contributed by atoms with Gasteiger partial charge in [0.2, 0.25) is 5.91 Å². The zero-order valence-electron chi connectivity index (χ0n) is 17.0. The monoisotopic (exact) mass is 467 g/mol. The number of nitrogens with zero attached hydrogens (tertiary/aromatic N) is 3. The maximum absolute atomic E-state index is 12.7. The Morgan fingerprint density at radius 1 is 1.19 bits per heavy atom. The fraction of sp³-hybridized carbons (Fsp3) is 0.368. The second-order valence-electron chi connectivity index (χ2n) is 6.63. The summed E-state index contributed by atoms with van der Waals surface area (Å²) in [6, 6.07) is 6.01. The molecular formula is C19H22ClN5O5S. The molecule has 3 rings (SSSR count). The molecule has 1 aromatic heterocycles. The van der Waals surface area contributed by atoms with Crippen LogP contribution in [0.4, 0.5) is 16.3 Å². The summed E-state index contributed by atoms with van der Waals surface area (Å²) in [5, 5.41) is 12.2. The van der Waals surface area contributed by atoms with Crippen LogP contribution in [0.3, 0.4) is 0 Å². The predicted molar refractivity (Wildman–Crippen MR) is 117 cm³/mol. The van der Waals surface area contributed by atoms with E-state index in [0.717, 1.165) is 11.8 Å². The van der Waals surface area contributed by atoms with Crippen molar-refractivity contribution in [2.75, 3.05) is 42.3 Å². The number of thioether (sulfide) groups is 1. The number of benzene rings is 1. The zero-order chi connectivity index (χ0) is 22.4. The molecule has 1 aliphatic rings. The number of hydrazine groups is 1. The molecule has 0 aliphatic carbocycles. The van der Waals surface area contributed by atoms with Gasteiger partial charge in [-0.15, -0.1) is 11.8 Å². The molecule has 12 heteroatoms. The summed E-state index contributed by atoms with van der Waals surface area (Å²) in [4.78, 5) is 37.3. The van der Waals surface area contributed by atoms with Gasteiger partial charge in [-0.2, -0.15) is 0 Å². The van der Waals surface area contributed by atoms with E-state index < -0.39 is 6.03 Å². The highest BCUT2D eigenvalue weighted by molar-refractivity contribution is 8.00. The highest BCUT2D eigenvalue weighted by Gasteiger charge is 2.31. The number of amides is 4.